The van der Waals surface area contributed by atoms with Gasteiger partial charge in [-0.1, -0.05) is 17.7 Å². The number of carbonyl (C=O) groups excluding carboxylic acids is 1. The van der Waals surface area contributed by atoms with Crippen LogP contribution in [0.25, 0.3) is 0 Å². The molecule has 2 aliphatic heterocycles. The monoisotopic (exact) mass is 542 g/mol. The van der Waals surface area contributed by atoms with Crippen LogP contribution in [-0.4, -0.2) is 56.3 Å². The maximum absolute atomic E-state index is 12.7. The summed E-state index contributed by atoms with van der Waals surface area (Å²) in [6, 6.07) is 6.67. The highest BCUT2D eigenvalue weighted by atomic mass is 35.5. The number of methoxy groups -OCH3 is 1. The SMILES string of the molecule is COCC1CCC(CC(=O)NC2CCC(CCN3CCC(C45CC4Oc4cc(Cl)ccc45)CC3)CC2)CC1. The summed E-state index contributed by atoms with van der Waals surface area (Å²) in [6.07, 6.45) is 15.9. The molecule has 0 aromatic heterocycles. The normalized spacial score (nSPS) is 35.3. The summed E-state index contributed by atoms with van der Waals surface area (Å²) in [5, 5.41) is 4.17. The Hall–Kier alpha value is -1.30. The molecule has 0 spiro atoms. The molecule has 0 radical (unpaired) electrons. The maximum atomic E-state index is 12.7. The minimum Gasteiger partial charge on any atom is -0.489 e. The van der Waals surface area contributed by atoms with Crippen LogP contribution < -0.4 is 10.1 Å². The van der Waals surface area contributed by atoms with Crippen LogP contribution in [-0.2, 0) is 14.9 Å². The van der Waals surface area contributed by atoms with Gasteiger partial charge in [0, 0.05) is 42.2 Å². The summed E-state index contributed by atoms with van der Waals surface area (Å²) in [4.78, 5) is 15.4. The first-order valence-corrected chi connectivity index (χ1v) is 15.9. The van der Waals surface area contributed by atoms with Gasteiger partial charge in [-0.2, -0.15) is 0 Å². The molecule has 5 aliphatic rings. The van der Waals surface area contributed by atoms with Crippen molar-refractivity contribution in [3.63, 3.8) is 0 Å². The summed E-state index contributed by atoms with van der Waals surface area (Å²) in [5.41, 5.74) is 1.70. The Labute approximate surface area is 234 Å². The number of benzene rings is 1. The van der Waals surface area contributed by atoms with Crippen LogP contribution in [0.4, 0.5) is 0 Å². The van der Waals surface area contributed by atoms with Crippen molar-refractivity contribution in [3.05, 3.63) is 28.8 Å². The maximum Gasteiger partial charge on any atom is 0.220 e. The highest BCUT2D eigenvalue weighted by Crippen LogP contribution is 2.65. The molecule has 3 saturated carbocycles. The Morgan fingerprint density at radius 2 is 1.74 bits per heavy atom. The van der Waals surface area contributed by atoms with Crippen LogP contribution in [0.5, 0.6) is 5.75 Å². The quantitative estimate of drug-likeness (QED) is 0.394. The number of carbonyl (C=O) groups is 1. The van der Waals surface area contributed by atoms with E-state index >= 15 is 0 Å². The Morgan fingerprint density at radius 3 is 2.47 bits per heavy atom. The van der Waals surface area contributed by atoms with Crippen molar-refractivity contribution in [3.8, 4) is 5.75 Å². The third-order valence-corrected chi connectivity index (χ3v) is 11.1. The molecule has 1 aromatic carbocycles. The van der Waals surface area contributed by atoms with E-state index in [-0.39, 0.29) is 5.41 Å². The Morgan fingerprint density at radius 1 is 1.03 bits per heavy atom. The van der Waals surface area contributed by atoms with Crippen LogP contribution in [0.3, 0.4) is 0 Å². The van der Waals surface area contributed by atoms with Gasteiger partial charge in [0.15, 0.2) is 0 Å². The number of fused-ring (bicyclic) bond motifs is 3. The third kappa shape index (κ3) is 5.76. The lowest BCUT2D eigenvalue weighted by molar-refractivity contribution is -0.123. The van der Waals surface area contributed by atoms with E-state index in [9.17, 15) is 4.79 Å². The predicted molar refractivity (Wildman–Crippen MR) is 152 cm³/mol. The van der Waals surface area contributed by atoms with E-state index in [4.69, 9.17) is 21.1 Å². The van der Waals surface area contributed by atoms with Gasteiger partial charge in [0.1, 0.15) is 11.9 Å². The van der Waals surface area contributed by atoms with Crippen molar-refractivity contribution >= 4 is 17.5 Å². The summed E-state index contributed by atoms with van der Waals surface area (Å²) >= 11 is 6.20. The van der Waals surface area contributed by atoms with Crippen molar-refractivity contribution in [1.29, 1.82) is 0 Å². The minimum absolute atomic E-state index is 0.276. The van der Waals surface area contributed by atoms with E-state index in [2.05, 4.69) is 16.3 Å². The first kappa shape index (κ1) is 26.9. The van der Waals surface area contributed by atoms with E-state index in [0.29, 0.717) is 29.9 Å². The number of hydrogen-bond donors (Lipinski definition) is 1. The van der Waals surface area contributed by atoms with Crippen LogP contribution in [0.2, 0.25) is 5.02 Å². The molecule has 2 atom stereocenters. The topological polar surface area (TPSA) is 50.8 Å². The van der Waals surface area contributed by atoms with Crippen LogP contribution >= 0.6 is 11.6 Å². The summed E-state index contributed by atoms with van der Waals surface area (Å²) in [6.45, 7) is 4.56. The zero-order valence-corrected chi connectivity index (χ0v) is 24.0. The van der Waals surface area contributed by atoms with Crippen LogP contribution in [0.15, 0.2) is 18.2 Å². The Balaban J connectivity index is 0.867. The summed E-state index contributed by atoms with van der Waals surface area (Å²) in [5.74, 6) is 4.17. The summed E-state index contributed by atoms with van der Waals surface area (Å²) < 4.78 is 11.5. The van der Waals surface area contributed by atoms with Gasteiger partial charge in [0.25, 0.3) is 0 Å². The smallest absolute Gasteiger partial charge is 0.220 e. The van der Waals surface area contributed by atoms with E-state index in [1.54, 1.807) is 7.11 Å². The number of amides is 1. The van der Waals surface area contributed by atoms with E-state index in [1.165, 1.54) is 89.4 Å². The molecular formula is C32H47ClN2O3. The average Bonchev–Trinajstić information content (AvgIpc) is 3.55. The molecule has 1 amide bonds. The van der Waals surface area contributed by atoms with Crippen molar-refractivity contribution in [2.45, 2.75) is 101 Å². The molecule has 6 rings (SSSR count). The lowest BCUT2D eigenvalue weighted by Gasteiger charge is -2.37. The fourth-order valence-electron chi connectivity index (χ4n) is 8.48. The summed E-state index contributed by atoms with van der Waals surface area (Å²) in [7, 11) is 1.79. The Bertz CT molecular complexity index is 963. The van der Waals surface area contributed by atoms with Gasteiger partial charge in [-0.05, 0) is 132 Å². The molecule has 1 saturated heterocycles. The molecule has 38 heavy (non-hydrogen) atoms. The zero-order valence-electron chi connectivity index (χ0n) is 23.3. The molecule has 2 heterocycles. The number of piperidine rings is 1. The highest BCUT2D eigenvalue weighted by molar-refractivity contribution is 6.30. The second-order valence-corrected chi connectivity index (χ2v) is 13.7. The van der Waals surface area contributed by atoms with Gasteiger partial charge < -0.3 is 19.7 Å². The zero-order chi connectivity index (χ0) is 26.1. The lowest BCUT2D eigenvalue weighted by atomic mass is 9.77. The average molecular weight is 543 g/mol. The number of ether oxygens (including phenoxy) is 2. The van der Waals surface area contributed by atoms with Gasteiger partial charge in [0.05, 0.1) is 0 Å². The molecule has 3 aliphatic carbocycles. The van der Waals surface area contributed by atoms with Gasteiger partial charge in [-0.3, -0.25) is 4.79 Å². The first-order chi connectivity index (χ1) is 18.5. The van der Waals surface area contributed by atoms with E-state index in [0.717, 1.165) is 48.5 Å². The van der Waals surface area contributed by atoms with Crippen molar-refractivity contribution < 1.29 is 14.3 Å². The molecule has 0 bridgehead atoms. The fraction of sp³-hybridized carbons (Fsp3) is 0.781. The molecule has 1 aromatic rings. The largest absolute Gasteiger partial charge is 0.489 e. The number of rotatable bonds is 9. The third-order valence-electron chi connectivity index (χ3n) is 10.9. The van der Waals surface area contributed by atoms with E-state index < -0.39 is 0 Å². The molecule has 6 heteroatoms. The van der Waals surface area contributed by atoms with Gasteiger partial charge in [-0.15, -0.1) is 0 Å². The number of halogens is 1. The Kier molecular flexibility index (Phi) is 8.26. The lowest BCUT2D eigenvalue weighted by Crippen LogP contribution is -2.40. The standard InChI is InChI=1S/C32H47ClN2O3/c1-37-21-24-4-2-23(3-5-24)18-31(36)34-27-9-6-22(7-10-27)12-15-35-16-13-25(14-17-35)32-20-30(32)38-29-19-26(33)8-11-28(29)32/h8,11,19,22-25,27,30H,2-7,9-10,12-18,20-21H2,1H3,(H,34,36). The minimum atomic E-state index is 0.276. The number of nitrogens with one attached hydrogen (secondary N) is 1. The molecule has 210 valence electrons. The number of hydrogen-bond acceptors (Lipinski definition) is 4. The van der Waals surface area contributed by atoms with Gasteiger partial charge in [0.2, 0.25) is 5.91 Å². The second-order valence-electron chi connectivity index (χ2n) is 13.2. The van der Waals surface area contributed by atoms with E-state index in [1.807, 2.05) is 12.1 Å². The highest BCUT2D eigenvalue weighted by Gasteiger charge is 2.66. The molecule has 1 N–H and O–H groups in total. The van der Waals surface area contributed by atoms with Crippen molar-refractivity contribution in [2.75, 3.05) is 33.4 Å². The van der Waals surface area contributed by atoms with Crippen LogP contribution in [0, 0.1) is 23.7 Å². The molecular weight excluding hydrogens is 496 g/mol. The fourth-order valence-corrected chi connectivity index (χ4v) is 8.64. The first-order valence-electron chi connectivity index (χ1n) is 15.5. The van der Waals surface area contributed by atoms with Crippen LogP contribution in [0.1, 0.15) is 89.0 Å². The van der Waals surface area contributed by atoms with Gasteiger partial charge in [-0.25, -0.2) is 0 Å². The van der Waals surface area contributed by atoms with Crippen molar-refractivity contribution in [1.82, 2.24) is 10.2 Å². The number of likely N-dealkylation sites (tertiary alicyclic amines) is 1. The second kappa shape index (κ2) is 11.7. The molecule has 2 unspecified atom stereocenters. The predicted octanol–water partition coefficient (Wildman–Crippen LogP) is 6.36. The molecule has 5 nitrogen and oxygen atoms in total. The molecule has 4 fully saturated rings. The van der Waals surface area contributed by atoms with Crippen molar-refractivity contribution in [2.24, 2.45) is 23.7 Å². The van der Waals surface area contributed by atoms with Gasteiger partial charge >= 0.3 is 0 Å². The number of nitrogens with zero attached hydrogens (tertiary/aromatic N) is 1.